The van der Waals surface area contributed by atoms with E-state index in [0.717, 1.165) is 87.9 Å². The van der Waals surface area contributed by atoms with Gasteiger partial charge >= 0.3 is 5.97 Å². The first-order valence-electron chi connectivity index (χ1n) is 20.7. The van der Waals surface area contributed by atoms with E-state index in [4.69, 9.17) is 4.79 Å². The van der Waals surface area contributed by atoms with Crippen molar-refractivity contribution in [1.29, 1.82) is 0 Å². The van der Waals surface area contributed by atoms with Gasteiger partial charge in [-0.25, -0.2) is 4.79 Å². The molecule has 0 aromatic carbocycles. The lowest BCUT2D eigenvalue weighted by Gasteiger charge is -2.48. The van der Waals surface area contributed by atoms with Crippen molar-refractivity contribution in [3.05, 3.63) is 15.8 Å². The molecule has 1 saturated carbocycles. The second-order valence-corrected chi connectivity index (χ2v) is 18.2. The summed E-state index contributed by atoms with van der Waals surface area (Å²) in [6.07, 6.45) is 11.7. The zero-order valence-electron chi connectivity index (χ0n) is 37.7. The molecule has 1 aliphatic carbocycles. The number of hydrogen-bond acceptors (Lipinski definition) is 7. The van der Waals surface area contributed by atoms with Gasteiger partial charge in [-0.05, 0) is 89.7 Å². The van der Waals surface area contributed by atoms with Crippen molar-refractivity contribution in [2.45, 2.75) is 166 Å². The van der Waals surface area contributed by atoms with Crippen molar-refractivity contribution in [3.8, 4) is 11.8 Å². The molecule has 2 aliphatic heterocycles. The van der Waals surface area contributed by atoms with Gasteiger partial charge in [-0.1, -0.05) is 99.8 Å². The van der Waals surface area contributed by atoms with Crippen LogP contribution < -0.4 is 4.90 Å². The van der Waals surface area contributed by atoms with Gasteiger partial charge < -0.3 is 24.4 Å². The maximum absolute atomic E-state index is 13.0. The Labute approximate surface area is 341 Å². The fourth-order valence-corrected chi connectivity index (χ4v) is 7.81. The molecule has 0 radical (unpaired) electrons. The summed E-state index contributed by atoms with van der Waals surface area (Å²) in [7, 11) is 3.25. The van der Waals surface area contributed by atoms with Gasteiger partial charge in [0.1, 0.15) is 11.7 Å². The van der Waals surface area contributed by atoms with Crippen LogP contribution in [-0.2, 0) is 19.1 Å². The summed E-state index contributed by atoms with van der Waals surface area (Å²) in [4.78, 5) is 52.4. The molecular weight excluding hydrogens is 711 g/mol. The number of carboxylic acid groups (broad SMARTS) is 1. The molecule has 1 aromatic rings. The number of thiophene rings is 1. The fraction of sp³-hybridized carbons (Fsp3) is 0.778. The highest BCUT2D eigenvalue weighted by atomic mass is 32.1. The molecule has 0 bridgehead atoms. The van der Waals surface area contributed by atoms with Crippen LogP contribution in [0.15, 0.2) is 6.07 Å². The van der Waals surface area contributed by atoms with Crippen LogP contribution in [0.2, 0.25) is 0 Å². The summed E-state index contributed by atoms with van der Waals surface area (Å²) in [5, 5.41) is 9.87. The number of amides is 2. The van der Waals surface area contributed by atoms with Crippen molar-refractivity contribution >= 4 is 42.1 Å². The number of methoxy groups -OCH3 is 1. The smallest absolute Gasteiger partial charge is 0.348 e. The fourth-order valence-electron chi connectivity index (χ4n) is 6.96. The molecule has 2 atom stereocenters. The lowest BCUT2D eigenvalue weighted by atomic mass is 9.84. The van der Waals surface area contributed by atoms with Gasteiger partial charge in [0.05, 0.1) is 10.6 Å². The maximum atomic E-state index is 13.0. The van der Waals surface area contributed by atoms with Gasteiger partial charge in [-0.3, -0.25) is 14.5 Å². The van der Waals surface area contributed by atoms with Crippen LogP contribution in [0.4, 0.5) is 5.69 Å². The zero-order valence-corrected chi connectivity index (χ0v) is 38.5. The number of carbonyl (C=O) groups is 4. The number of likely N-dealkylation sites (tertiary alicyclic amines) is 2. The average Bonchev–Trinajstić information content (AvgIpc) is 3.40. The van der Waals surface area contributed by atoms with E-state index in [-0.39, 0.29) is 33.2 Å². The van der Waals surface area contributed by atoms with Crippen LogP contribution in [0.25, 0.3) is 0 Å². The Morgan fingerprint density at radius 3 is 1.93 bits per heavy atom. The number of piperidine rings is 1. The third-order valence-electron chi connectivity index (χ3n) is 9.73. The van der Waals surface area contributed by atoms with E-state index in [0.29, 0.717) is 17.0 Å². The van der Waals surface area contributed by atoms with Crippen molar-refractivity contribution < 1.29 is 29.0 Å². The lowest BCUT2D eigenvalue weighted by molar-refractivity contribution is -0.137. The largest absolute Gasteiger partial charge is 0.477 e. The van der Waals surface area contributed by atoms with Gasteiger partial charge in [0.15, 0.2) is 0 Å². The molecule has 4 rings (SSSR count). The van der Waals surface area contributed by atoms with Crippen LogP contribution in [0.5, 0.6) is 0 Å². The highest BCUT2D eigenvalue weighted by Gasteiger charge is 2.40. The minimum absolute atomic E-state index is 0.0340. The molecule has 2 amide bonds. The topological polar surface area (TPSA) is 107 Å². The quantitative estimate of drug-likeness (QED) is 0.226. The molecule has 2 unspecified atom stereocenters. The summed E-state index contributed by atoms with van der Waals surface area (Å²) < 4.78 is 4.25. The van der Waals surface area contributed by atoms with Crippen LogP contribution in [0.1, 0.15) is 169 Å². The van der Waals surface area contributed by atoms with E-state index in [1.54, 1.807) is 25.2 Å². The number of hydrogen-bond donors (Lipinski definition) is 1. The molecule has 9 nitrogen and oxygen atoms in total. The van der Waals surface area contributed by atoms with Crippen molar-refractivity contribution in [1.82, 2.24) is 9.80 Å². The van der Waals surface area contributed by atoms with Crippen LogP contribution >= 0.6 is 11.3 Å². The van der Waals surface area contributed by atoms with Crippen LogP contribution in [0, 0.1) is 34.5 Å². The normalized spacial score (nSPS) is 22.5. The number of aromatic carboxylic acids is 1. The first-order valence-corrected chi connectivity index (χ1v) is 21.5. The van der Waals surface area contributed by atoms with Gasteiger partial charge in [-0.15, -0.1) is 11.3 Å². The predicted octanol–water partition coefficient (Wildman–Crippen LogP) is 10.4. The Hall–Kier alpha value is -2.74. The highest BCUT2D eigenvalue weighted by Crippen LogP contribution is 2.36. The number of carbonyl (C=O) groups excluding carboxylic acids is 3. The monoisotopic (exact) mass is 792 g/mol. The van der Waals surface area contributed by atoms with Gasteiger partial charge in [0.25, 0.3) is 0 Å². The molecule has 1 N–H and O–H groups in total. The number of anilines is 1. The summed E-state index contributed by atoms with van der Waals surface area (Å²) in [5.41, 5.74) is 0.104. The van der Waals surface area contributed by atoms with E-state index in [2.05, 4.69) is 63.0 Å². The Morgan fingerprint density at radius 1 is 0.945 bits per heavy atom. The standard InChI is InChI=1S/C30H45N3O4S.C8H16.C2H6O.2C2H6.CH2O/c1-28(2,3)14-11-23-18-24(26(38-23)27(36)37)33(21-34)22-10-8-16-32(17-12-22)30(7)13-9-15-31(20-30)25(35)19-29(4,5)6;1-7-3-5-8(2)6-4-7;1-3-2;3*1-2/h18,21-22H,8-10,12-13,15-17,19-20H2,1-7H3,(H,36,37);7-8H,3-6H2,1-2H3;1-2H3;2*1-2H3;1H2. The number of rotatable bonds is 6. The third-order valence-corrected chi connectivity index (χ3v) is 10.8. The lowest BCUT2D eigenvalue weighted by Crippen LogP contribution is -2.58. The van der Waals surface area contributed by atoms with Crippen LogP contribution in [-0.4, -0.2) is 92.0 Å². The minimum atomic E-state index is -1.04. The Morgan fingerprint density at radius 2 is 1.47 bits per heavy atom. The van der Waals surface area contributed by atoms with Gasteiger partial charge in [0, 0.05) is 57.3 Å². The minimum Gasteiger partial charge on any atom is -0.477 e. The summed E-state index contributed by atoms with van der Waals surface area (Å²) in [6.45, 7) is 32.6. The number of ether oxygens (including phenoxy) is 1. The first kappa shape index (κ1) is 54.4. The molecule has 3 fully saturated rings. The van der Waals surface area contributed by atoms with E-state index in [9.17, 15) is 19.5 Å². The third kappa shape index (κ3) is 20.8. The Kier molecular flexibility index (Phi) is 27.5. The second-order valence-electron chi connectivity index (χ2n) is 17.1. The molecule has 55 heavy (non-hydrogen) atoms. The van der Waals surface area contributed by atoms with Crippen molar-refractivity contribution in [2.75, 3.05) is 45.3 Å². The molecule has 318 valence electrons. The summed E-state index contributed by atoms with van der Waals surface area (Å²) in [6, 6.07) is 1.67. The maximum Gasteiger partial charge on any atom is 0.348 e. The van der Waals surface area contributed by atoms with E-state index < -0.39 is 5.97 Å². The average molecular weight is 792 g/mol. The number of carboxylic acids is 1. The van der Waals surface area contributed by atoms with Crippen molar-refractivity contribution in [2.24, 2.45) is 22.7 Å². The molecule has 3 aliphatic rings. The highest BCUT2D eigenvalue weighted by molar-refractivity contribution is 7.15. The molecule has 3 heterocycles. The van der Waals surface area contributed by atoms with Crippen LogP contribution in [0.3, 0.4) is 0 Å². The molecular formula is C45H81N3O6S. The number of nitrogens with zero attached hydrogens (tertiary/aromatic N) is 3. The van der Waals surface area contributed by atoms with E-state index >= 15 is 0 Å². The molecule has 2 saturated heterocycles. The zero-order chi connectivity index (χ0) is 43.0. The first-order chi connectivity index (χ1) is 25.8. The van der Waals surface area contributed by atoms with Gasteiger partial charge in [0.2, 0.25) is 12.3 Å². The molecule has 0 spiro atoms. The molecule has 10 heteroatoms. The second kappa shape index (κ2) is 27.8. The Bertz CT molecular complexity index is 1270. The van der Waals surface area contributed by atoms with Gasteiger partial charge in [-0.2, -0.15) is 0 Å². The molecule has 1 aromatic heterocycles. The van der Waals surface area contributed by atoms with Crippen molar-refractivity contribution in [3.63, 3.8) is 0 Å². The SMILES string of the molecule is C=O.CC.CC.CC(C)(C)C#Cc1cc(N(C=O)C2CCCN(C3(C)CCCN(C(=O)CC(C)(C)C)C3)CC2)c(C(=O)O)s1.CC1CCC(C)CC1.COC. The Balaban J connectivity index is 0. The van der Waals surface area contributed by atoms with E-state index in [1.165, 1.54) is 25.7 Å². The summed E-state index contributed by atoms with van der Waals surface area (Å²) in [5.74, 6) is 7.49. The van der Waals surface area contributed by atoms with E-state index in [1.807, 2.05) is 60.2 Å². The predicted molar refractivity (Wildman–Crippen MR) is 233 cm³/mol. The summed E-state index contributed by atoms with van der Waals surface area (Å²) >= 11 is 1.13.